The summed E-state index contributed by atoms with van der Waals surface area (Å²) in [6.07, 6.45) is 8.05. The van der Waals surface area contributed by atoms with E-state index in [-0.39, 0.29) is 0 Å². The minimum Gasteiger partial charge on any atom is -0.388 e. The number of hydrogen-bond acceptors (Lipinski definition) is 4. The molecule has 0 bridgehead atoms. The van der Waals surface area contributed by atoms with Crippen molar-refractivity contribution in [2.75, 3.05) is 0 Å². The second kappa shape index (κ2) is 5.11. The first kappa shape index (κ1) is 12.3. The van der Waals surface area contributed by atoms with Crippen molar-refractivity contribution in [2.45, 2.75) is 25.9 Å². The number of aromatic nitrogens is 3. The topological polar surface area (TPSA) is 50.4 Å². The molecule has 0 aliphatic carbocycles. The normalized spacial score (nSPS) is 12.9. The average molecular weight is 273 g/mol. The zero-order valence-electron chi connectivity index (χ0n) is 10.7. The molecule has 0 aliphatic rings. The lowest BCUT2D eigenvalue weighted by Crippen LogP contribution is -2.00. The molecule has 4 nitrogen and oxygen atoms in total. The van der Waals surface area contributed by atoms with Gasteiger partial charge in [-0.15, -0.1) is 11.3 Å². The number of nitrogens with zero attached hydrogens (tertiary/aromatic N) is 3. The van der Waals surface area contributed by atoms with Crippen LogP contribution in [0.4, 0.5) is 0 Å². The maximum Gasteiger partial charge on any atom is 0.0903 e. The molecule has 19 heavy (non-hydrogen) atoms. The molecule has 0 aliphatic heterocycles. The molecular formula is C14H15N3OS. The van der Waals surface area contributed by atoms with Gasteiger partial charge in [-0.2, -0.15) is 5.10 Å². The Morgan fingerprint density at radius 2 is 2.16 bits per heavy atom. The third-order valence-corrected chi connectivity index (χ3v) is 4.43. The van der Waals surface area contributed by atoms with Gasteiger partial charge in [0.15, 0.2) is 0 Å². The third-order valence-electron chi connectivity index (χ3n) is 3.17. The van der Waals surface area contributed by atoms with E-state index in [2.05, 4.69) is 29.1 Å². The van der Waals surface area contributed by atoms with Gasteiger partial charge in [0.05, 0.1) is 24.0 Å². The molecule has 0 spiro atoms. The van der Waals surface area contributed by atoms with Gasteiger partial charge in [-0.05, 0) is 18.6 Å². The summed E-state index contributed by atoms with van der Waals surface area (Å²) >= 11 is 1.76. The van der Waals surface area contributed by atoms with E-state index >= 15 is 0 Å². The van der Waals surface area contributed by atoms with Crippen molar-refractivity contribution in [3.63, 3.8) is 0 Å². The molecule has 3 aromatic rings. The van der Waals surface area contributed by atoms with Crippen molar-refractivity contribution in [3.8, 4) is 0 Å². The number of aliphatic hydroxyl groups is 1. The molecule has 3 rings (SSSR count). The standard InChI is InChI=1S/C14H15N3OS/c1-2-10-3-4-11(19-10)7-14(18)12-8-16-17-6-5-15-9-13(12)17/h3-6,8-9,14,18H,2,7H2,1H3. The van der Waals surface area contributed by atoms with E-state index in [1.54, 1.807) is 40.6 Å². The van der Waals surface area contributed by atoms with Crippen LogP contribution in [0.15, 0.2) is 36.9 Å². The largest absolute Gasteiger partial charge is 0.388 e. The summed E-state index contributed by atoms with van der Waals surface area (Å²) in [7, 11) is 0. The molecule has 0 amide bonds. The van der Waals surface area contributed by atoms with E-state index in [4.69, 9.17) is 0 Å². The van der Waals surface area contributed by atoms with Crippen LogP contribution in [0.1, 0.15) is 28.3 Å². The summed E-state index contributed by atoms with van der Waals surface area (Å²) in [6.45, 7) is 2.14. The molecule has 1 N–H and O–H groups in total. The first-order valence-corrected chi connectivity index (χ1v) is 7.12. The molecule has 1 unspecified atom stereocenters. The first-order chi connectivity index (χ1) is 9.28. The van der Waals surface area contributed by atoms with E-state index < -0.39 is 6.10 Å². The van der Waals surface area contributed by atoms with Gasteiger partial charge >= 0.3 is 0 Å². The number of aryl methyl sites for hydroxylation is 1. The Morgan fingerprint density at radius 3 is 2.95 bits per heavy atom. The minimum absolute atomic E-state index is 0.537. The van der Waals surface area contributed by atoms with Crippen LogP contribution in [-0.2, 0) is 12.8 Å². The van der Waals surface area contributed by atoms with Gasteiger partial charge in [0.2, 0.25) is 0 Å². The number of fused-ring (bicyclic) bond motifs is 1. The van der Waals surface area contributed by atoms with Gasteiger partial charge in [0, 0.05) is 34.1 Å². The SMILES string of the molecule is CCc1ccc(CC(O)c2cnn3ccncc23)s1. The average Bonchev–Trinajstić information content (AvgIpc) is 3.04. The summed E-state index contributed by atoms with van der Waals surface area (Å²) in [4.78, 5) is 6.64. The molecular weight excluding hydrogens is 258 g/mol. The van der Waals surface area contributed by atoms with Crippen LogP contribution < -0.4 is 0 Å². The van der Waals surface area contributed by atoms with Crippen molar-refractivity contribution >= 4 is 16.9 Å². The van der Waals surface area contributed by atoms with Gasteiger partial charge in [-0.25, -0.2) is 4.52 Å². The van der Waals surface area contributed by atoms with E-state index in [0.717, 1.165) is 17.5 Å². The second-order valence-corrected chi connectivity index (χ2v) is 5.70. The molecule has 3 heterocycles. The molecule has 1 atom stereocenters. The van der Waals surface area contributed by atoms with E-state index in [1.807, 2.05) is 0 Å². The van der Waals surface area contributed by atoms with E-state index in [1.165, 1.54) is 9.75 Å². The zero-order valence-corrected chi connectivity index (χ0v) is 11.5. The lowest BCUT2D eigenvalue weighted by atomic mass is 10.1. The highest BCUT2D eigenvalue weighted by molar-refractivity contribution is 7.11. The van der Waals surface area contributed by atoms with Crippen LogP contribution in [0.2, 0.25) is 0 Å². The van der Waals surface area contributed by atoms with Crippen LogP contribution >= 0.6 is 11.3 Å². The Bertz CT molecular complexity index is 689. The summed E-state index contributed by atoms with van der Waals surface area (Å²) < 4.78 is 1.73. The van der Waals surface area contributed by atoms with Crippen molar-refractivity contribution in [1.82, 2.24) is 14.6 Å². The third kappa shape index (κ3) is 2.39. The van der Waals surface area contributed by atoms with Gasteiger partial charge < -0.3 is 5.11 Å². The van der Waals surface area contributed by atoms with Gasteiger partial charge in [0.25, 0.3) is 0 Å². The van der Waals surface area contributed by atoms with Crippen molar-refractivity contribution in [2.24, 2.45) is 0 Å². The van der Waals surface area contributed by atoms with Crippen LogP contribution in [0.3, 0.4) is 0 Å². The molecule has 0 saturated carbocycles. The van der Waals surface area contributed by atoms with Crippen LogP contribution in [0, 0.1) is 0 Å². The summed E-state index contributed by atoms with van der Waals surface area (Å²) in [6, 6.07) is 4.22. The second-order valence-electron chi connectivity index (χ2n) is 4.45. The fourth-order valence-corrected chi connectivity index (χ4v) is 3.13. The van der Waals surface area contributed by atoms with Crippen molar-refractivity contribution in [1.29, 1.82) is 0 Å². The Kier molecular flexibility index (Phi) is 3.31. The van der Waals surface area contributed by atoms with Crippen LogP contribution in [0.25, 0.3) is 5.52 Å². The van der Waals surface area contributed by atoms with Gasteiger partial charge in [-0.3, -0.25) is 4.98 Å². The summed E-state index contributed by atoms with van der Waals surface area (Å²) in [5.74, 6) is 0. The Morgan fingerprint density at radius 1 is 1.32 bits per heavy atom. The predicted octanol–water partition coefficient (Wildman–Crippen LogP) is 2.63. The Balaban J connectivity index is 1.85. The molecule has 0 radical (unpaired) electrons. The smallest absolute Gasteiger partial charge is 0.0903 e. The van der Waals surface area contributed by atoms with Crippen LogP contribution in [-0.4, -0.2) is 19.7 Å². The fraction of sp³-hybridized carbons (Fsp3) is 0.286. The molecule has 5 heteroatoms. The zero-order chi connectivity index (χ0) is 13.2. The number of hydrogen-bond donors (Lipinski definition) is 1. The lowest BCUT2D eigenvalue weighted by Gasteiger charge is -2.07. The number of thiophene rings is 1. The molecule has 0 fully saturated rings. The molecule has 0 aromatic carbocycles. The summed E-state index contributed by atoms with van der Waals surface area (Å²) in [5.41, 5.74) is 1.70. The van der Waals surface area contributed by atoms with Crippen molar-refractivity contribution < 1.29 is 5.11 Å². The first-order valence-electron chi connectivity index (χ1n) is 6.31. The van der Waals surface area contributed by atoms with E-state index in [0.29, 0.717) is 6.42 Å². The lowest BCUT2D eigenvalue weighted by molar-refractivity contribution is 0.181. The monoisotopic (exact) mass is 273 g/mol. The number of aliphatic hydroxyl groups excluding tert-OH is 1. The quantitative estimate of drug-likeness (QED) is 0.795. The molecule has 98 valence electrons. The highest BCUT2D eigenvalue weighted by Gasteiger charge is 2.15. The number of rotatable bonds is 4. The van der Waals surface area contributed by atoms with Gasteiger partial charge in [-0.1, -0.05) is 6.92 Å². The Labute approximate surface area is 115 Å². The maximum absolute atomic E-state index is 10.4. The maximum atomic E-state index is 10.4. The molecule has 3 aromatic heterocycles. The van der Waals surface area contributed by atoms with E-state index in [9.17, 15) is 5.11 Å². The minimum atomic E-state index is -0.537. The van der Waals surface area contributed by atoms with Crippen molar-refractivity contribution in [3.05, 3.63) is 52.2 Å². The molecule has 0 saturated heterocycles. The Hall–Kier alpha value is -1.72. The highest BCUT2D eigenvalue weighted by Crippen LogP contribution is 2.26. The fourth-order valence-electron chi connectivity index (χ4n) is 2.13. The van der Waals surface area contributed by atoms with Crippen LogP contribution in [0.5, 0.6) is 0 Å². The predicted molar refractivity (Wildman–Crippen MR) is 75.3 cm³/mol. The summed E-state index contributed by atoms with van der Waals surface area (Å²) in [5, 5.41) is 14.6. The van der Waals surface area contributed by atoms with Gasteiger partial charge in [0.1, 0.15) is 0 Å². The highest BCUT2D eigenvalue weighted by atomic mass is 32.1.